The average molecular weight is 521 g/mol. The lowest BCUT2D eigenvalue weighted by atomic mass is 9.97. The summed E-state index contributed by atoms with van der Waals surface area (Å²) in [6.45, 7) is 0. The van der Waals surface area contributed by atoms with Gasteiger partial charge in [0.05, 0.1) is 10.9 Å². The number of nitrogens with one attached hydrogen (secondary N) is 2. The third-order valence-electron chi connectivity index (χ3n) is 5.54. The molecule has 0 radical (unpaired) electrons. The lowest BCUT2D eigenvalue weighted by molar-refractivity contribution is -0.119. The predicted octanol–water partition coefficient (Wildman–Crippen LogP) is 5.68. The molecule has 1 heterocycles. The van der Waals surface area contributed by atoms with Crippen LogP contribution in [0.4, 0.5) is 11.6 Å². The number of hydrogen-bond donors (Lipinski definition) is 2. The first-order chi connectivity index (χ1) is 17.4. The number of aryl methyl sites for hydroxylation is 1. The van der Waals surface area contributed by atoms with Gasteiger partial charge in [-0.1, -0.05) is 54.1 Å². The van der Waals surface area contributed by atoms with Crippen LogP contribution in [0, 0.1) is 0 Å². The number of nitrogens with zero attached hydrogens (tertiary/aromatic N) is 2. The van der Waals surface area contributed by atoms with Crippen LogP contribution in [0.2, 0.25) is 5.02 Å². The van der Waals surface area contributed by atoms with E-state index in [9.17, 15) is 13.2 Å². The Labute approximate surface area is 215 Å². The molecule has 0 amide bonds. The number of halogens is 1. The molecule has 0 fully saturated rings. The molecular formula is C27H25ClN4O3S. The van der Waals surface area contributed by atoms with Crippen molar-refractivity contribution in [2.75, 3.05) is 10.0 Å². The molecule has 4 aromatic rings. The van der Waals surface area contributed by atoms with E-state index in [1.54, 1.807) is 30.3 Å². The van der Waals surface area contributed by atoms with Crippen molar-refractivity contribution in [1.82, 2.24) is 9.97 Å². The molecule has 1 atom stereocenters. The molecule has 0 aliphatic rings. The van der Waals surface area contributed by atoms with Gasteiger partial charge in [-0.15, -0.1) is 0 Å². The van der Waals surface area contributed by atoms with E-state index in [-0.39, 0.29) is 29.1 Å². The standard InChI is InChI=1S/C27H25ClN4O3S/c28-22-10-8-21(9-11-22)26(19-24(33)14-7-20-5-2-1-3-6-20)31-23-12-15-25(16-13-23)36(34,35)32-27-29-17-4-18-30-27/h1-6,8-13,15-18,26,31H,7,14,19H2,(H,29,30,32). The van der Waals surface area contributed by atoms with Crippen LogP contribution in [0.15, 0.2) is 102 Å². The van der Waals surface area contributed by atoms with Gasteiger partial charge in [-0.3, -0.25) is 4.79 Å². The second-order valence-electron chi connectivity index (χ2n) is 8.18. The number of benzene rings is 3. The summed E-state index contributed by atoms with van der Waals surface area (Å²) in [4.78, 5) is 20.7. The SMILES string of the molecule is O=C(CCc1ccccc1)CC(Nc1ccc(S(=O)(=O)Nc2ncccn2)cc1)c1ccc(Cl)cc1. The smallest absolute Gasteiger partial charge is 0.264 e. The Hall–Kier alpha value is -3.75. The fourth-order valence-electron chi connectivity index (χ4n) is 3.67. The van der Waals surface area contributed by atoms with E-state index in [0.29, 0.717) is 23.6 Å². The van der Waals surface area contributed by atoms with E-state index in [4.69, 9.17) is 11.6 Å². The Bertz CT molecular complexity index is 1380. The molecule has 0 aliphatic heterocycles. The van der Waals surface area contributed by atoms with Crippen LogP contribution >= 0.6 is 11.6 Å². The van der Waals surface area contributed by atoms with Gasteiger partial charge in [0.2, 0.25) is 5.95 Å². The summed E-state index contributed by atoms with van der Waals surface area (Å²) in [6, 6.07) is 24.8. The molecule has 4 rings (SSSR count). The monoisotopic (exact) mass is 520 g/mol. The molecule has 3 aromatic carbocycles. The van der Waals surface area contributed by atoms with E-state index in [2.05, 4.69) is 20.0 Å². The largest absolute Gasteiger partial charge is 0.378 e. The van der Waals surface area contributed by atoms with E-state index < -0.39 is 10.0 Å². The predicted molar refractivity (Wildman–Crippen MR) is 141 cm³/mol. The molecule has 0 saturated heterocycles. The topological polar surface area (TPSA) is 101 Å². The molecule has 1 unspecified atom stereocenters. The van der Waals surface area contributed by atoms with Crippen molar-refractivity contribution in [2.45, 2.75) is 30.2 Å². The number of sulfonamides is 1. The number of hydrogen-bond acceptors (Lipinski definition) is 6. The van der Waals surface area contributed by atoms with Crippen LogP contribution in [0.25, 0.3) is 0 Å². The minimum Gasteiger partial charge on any atom is -0.378 e. The summed E-state index contributed by atoms with van der Waals surface area (Å²) < 4.78 is 27.7. The van der Waals surface area contributed by atoms with Gasteiger partial charge in [0, 0.05) is 35.9 Å². The first-order valence-corrected chi connectivity index (χ1v) is 13.2. The Kier molecular flexibility index (Phi) is 8.30. The maximum atomic E-state index is 12.9. The molecule has 2 N–H and O–H groups in total. The van der Waals surface area contributed by atoms with Gasteiger partial charge in [0.25, 0.3) is 10.0 Å². The molecule has 0 saturated carbocycles. The van der Waals surface area contributed by atoms with Crippen molar-refractivity contribution in [3.63, 3.8) is 0 Å². The summed E-state index contributed by atoms with van der Waals surface area (Å²) in [5.41, 5.74) is 2.71. The summed E-state index contributed by atoms with van der Waals surface area (Å²) in [7, 11) is -3.84. The molecule has 184 valence electrons. The molecule has 0 bridgehead atoms. The Morgan fingerprint density at radius 2 is 1.53 bits per heavy atom. The van der Waals surface area contributed by atoms with Crippen LogP contribution in [-0.4, -0.2) is 24.2 Å². The van der Waals surface area contributed by atoms with Gasteiger partial charge >= 0.3 is 0 Å². The zero-order valence-electron chi connectivity index (χ0n) is 19.3. The van der Waals surface area contributed by atoms with E-state index in [0.717, 1.165) is 11.1 Å². The van der Waals surface area contributed by atoms with Crippen molar-refractivity contribution in [3.05, 3.63) is 113 Å². The zero-order chi connectivity index (χ0) is 25.4. The van der Waals surface area contributed by atoms with Gasteiger partial charge in [0.1, 0.15) is 5.78 Å². The molecule has 0 spiro atoms. The van der Waals surface area contributed by atoms with Crippen LogP contribution in [-0.2, 0) is 21.2 Å². The lowest BCUT2D eigenvalue weighted by Crippen LogP contribution is -2.17. The third-order valence-corrected chi connectivity index (χ3v) is 7.13. The Balaban J connectivity index is 1.46. The third kappa shape index (κ3) is 7.13. The quantitative estimate of drug-likeness (QED) is 0.264. The number of anilines is 2. The van der Waals surface area contributed by atoms with Crippen molar-refractivity contribution < 1.29 is 13.2 Å². The van der Waals surface area contributed by atoms with Crippen LogP contribution in [0.5, 0.6) is 0 Å². The lowest BCUT2D eigenvalue weighted by Gasteiger charge is -2.20. The molecule has 9 heteroatoms. The number of carbonyl (C=O) groups excluding carboxylic acids is 1. The fourth-order valence-corrected chi connectivity index (χ4v) is 4.75. The molecule has 1 aromatic heterocycles. The second-order valence-corrected chi connectivity index (χ2v) is 10.3. The maximum Gasteiger partial charge on any atom is 0.264 e. The Morgan fingerprint density at radius 1 is 0.861 bits per heavy atom. The maximum absolute atomic E-state index is 12.9. The van der Waals surface area contributed by atoms with Crippen LogP contribution in [0.1, 0.15) is 30.0 Å². The highest BCUT2D eigenvalue weighted by Crippen LogP contribution is 2.26. The Morgan fingerprint density at radius 3 is 2.19 bits per heavy atom. The molecule has 0 aliphatic carbocycles. The van der Waals surface area contributed by atoms with E-state index in [1.807, 2.05) is 42.5 Å². The van der Waals surface area contributed by atoms with Gasteiger partial charge in [-0.25, -0.2) is 23.1 Å². The normalized spacial score (nSPS) is 12.0. The number of ketones is 1. The first kappa shape index (κ1) is 25.3. The minimum atomic E-state index is -3.84. The van der Waals surface area contributed by atoms with E-state index in [1.165, 1.54) is 24.5 Å². The highest BCUT2D eigenvalue weighted by atomic mass is 35.5. The van der Waals surface area contributed by atoms with Gasteiger partial charge in [-0.05, 0) is 60.0 Å². The summed E-state index contributed by atoms with van der Waals surface area (Å²) >= 11 is 6.06. The van der Waals surface area contributed by atoms with Crippen molar-refractivity contribution >= 4 is 39.0 Å². The van der Waals surface area contributed by atoms with Crippen LogP contribution < -0.4 is 10.0 Å². The summed E-state index contributed by atoms with van der Waals surface area (Å²) in [5.74, 6) is 0.120. The highest BCUT2D eigenvalue weighted by molar-refractivity contribution is 7.92. The van der Waals surface area contributed by atoms with E-state index >= 15 is 0 Å². The van der Waals surface area contributed by atoms with Crippen molar-refractivity contribution in [2.24, 2.45) is 0 Å². The summed E-state index contributed by atoms with van der Waals surface area (Å²) in [6.07, 6.45) is 4.30. The highest BCUT2D eigenvalue weighted by Gasteiger charge is 2.18. The van der Waals surface area contributed by atoms with Gasteiger partial charge < -0.3 is 5.32 Å². The fraction of sp³-hybridized carbons (Fsp3) is 0.148. The van der Waals surface area contributed by atoms with Crippen molar-refractivity contribution in [1.29, 1.82) is 0 Å². The molecule has 7 nitrogen and oxygen atoms in total. The van der Waals surface area contributed by atoms with Crippen LogP contribution in [0.3, 0.4) is 0 Å². The number of carbonyl (C=O) groups is 1. The minimum absolute atomic E-state index is 0.00322. The number of rotatable bonds is 11. The first-order valence-electron chi connectivity index (χ1n) is 11.4. The molecule has 36 heavy (non-hydrogen) atoms. The number of aromatic nitrogens is 2. The average Bonchev–Trinajstić information content (AvgIpc) is 2.89. The van der Waals surface area contributed by atoms with Gasteiger partial charge in [-0.2, -0.15) is 0 Å². The molecular weight excluding hydrogens is 496 g/mol. The number of Topliss-reactive ketones (excluding diaryl/α,β-unsaturated/α-hetero) is 1. The van der Waals surface area contributed by atoms with Crippen molar-refractivity contribution in [3.8, 4) is 0 Å². The summed E-state index contributed by atoms with van der Waals surface area (Å²) in [5, 5.41) is 3.98. The second kappa shape index (κ2) is 11.8. The zero-order valence-corrected chi connectivity index (χ0v) is 20.9. The van der Waals surface area contributed by atoms with Gasteiger partial charge in [0.15, 0.2) is 0 Å².